The van der Waals surface area contributed by atoms with Gasteiger partial charge in [-0.3, -0.25) is 0 Å². The molecule has 0 aromatic carbocycles. The first-order chi connectivity index (χ1) is 17.6. The van der Waals surface area contributed by atoms with E-state index < -0.39 is 56.8 Å². The number of ether oxygens (including phenoxy) is 2. The van der Waals surface area contributed by atoms with Gasteiger partial charge in [-0.15, -0.1) is 5.10 Å². The van der Waals surface area contributed by atoms with Crippen LogP contribution in [0, 0.1) is 0 Å². The molecule has 222 valence electrons. The van der Waals surface area contributed by atoms with Crippen molar-refractivity contribution in [3.05, 3.63) is 23.0 Å². The van der Waals surface area contributed by atoms with Crippen molar-refractivity contribution in [2.24, 2.45) is 5.73 Å². The van der Waals surface area contributed by atoms with E-state index in [-0.39, 0.29) is 34.7 Å². The molecular weight excluding hydrogens is 561 g/mol. The molecule has 0 saturated carbocycles. The molecule has 3 heterocycles. The van der Waals surface area contributed by atoms with Crippen molar-refractivity contribution in [1.29, 1.82) is 0 Å². The number of aromatic nitrogens is 3. The summed E-state index contributed by atoms with van der Waals surface area (Å²) < 4.78 is 57.6. The van der Waals surface area contributed by atoms with E-state index in [0.29, 0.717) is 0 Å². The molecular formula is C24H44N4O8SSi2. The number of carbonyl (C=O) groups is 1. The zero-order chi connectivity index (χ0) is 29.8. The minimum Gasteiger partial charge on any atom is -0.461 e. The normalized spacial score (nSPS) is 27.7. The monoisotopic (exact) mass is 604 g/mol. The van der Waals surface area contributed by atoms with Gasteiger partial charge < -0.3 is 24.1 Å². The van der Waals surface area contributed by atoms with E-state index in [2.05, 4.69) is 64.9 Å². The molecule has 0 aliphatic carbocycles. The van der Waals surface area contributed by atoms with Crippen LogP contribution in [0.4, 0.5) is 0 Å². The Bertz CT molecular complexity index is 1220. The zero-order valence-electron chi connectivity index (χ0n) is 24.9. The predicted molar refractivity (Wildman–Crippen MR) is 150 cm³/mol. The summed E-state index contributed by atoms with van der Waals surface area (Å²) in [4.78, 5) is 12.3. The van der Waals surface area contributed by atoms with Crippen LogP contribution in [0.2, 0.25) is 36.3 Å². The number of nitrogens with zero attached hydrogens (tertiary/aromatic N) is 3. The second kappa shape index (κ2) is 10.3. The van der Waals surface area contributed by atoms with Crippen molar-refractivity contribution in [2.75, 3.05) is 13.2 Å². The Morgan fingerprint density at radius 3 is 2.21 bits per heavy atom. The summed E-state index contributed by atoms with van der Waals surface area (Å²) in [6, 6.07) is 0. The molecule has 1 saturated heterocycles. The van der Waals surface area contributed by atoms with E-state index in [0.717, 1.165) is 5.41 Å². The van der Waals surface area contributed by atoms with Crippen molar-refractivity contribution in [1.82, 2.24) is 15.0 Å². The Kier molecular flexibility index (Phi) is 8.45. The fourth-order valence-electron chi connectivity index (χ4n) is 3.90. The topological polar surface area (TPSA) is 154 Å². The number of hydrogen-bond acceptors (Lipinski definition) is 11. The minimum atomic E-state index is -4.14. The number of hydrogen-bond donors (Lipinski definition) is 1. The van der Waals surface area contributed by atoms with Crippen LogP contribution in [-0.4, -0.2) is 77.0 Å². The number of rotatable bonds is 8. The number of nitrogens with two attached hydrogens (primary N) is 1. The molecule has 2 aliphatic heterocycles. The molecule has 4 unspecified atom stereocenters. The molecule has 1 spiro atoms. The lowest BCUT2D eigenvalue weighted by Crippen LogP contribution is -2.59. The quantitative estimate of drug-likeness (QED) is 0.263. The zero-order valence-corrected chi connectivity index (χ0v) is 27.7. The molecule has 12 nitrogen and oxygen atoms in total. The Balaban J connectivity index is 2.15. The van der Waals surface area contributed by atoms with Crippen LogP contribution in [0.1, 0.15) is 65.2 Å². The van der Waals surface area contributed by atoms with Crippen molar-refractivity contribution in [3.63, 3.8) is 0 Å². The molecule has 0 radical (unpaired) electrons. The highest BCUT2D eigenvalue weighted by Crippen LogP contribution is 2.52. The molecule has 3 rings (SSSR count). The summed E-state index contributed by atoms with van der Waals surface area (Å²) >= 11 is 0. The van der Waals surface area contributed by atoms with Crippen LogP contribution in [0.3, 0.4) is 0 Å². The Labute approximate surface area is 233 Å². The molecule has 1 fully saturated rings. The predicted octanol–water partition coefficient (Wildman–Crippen LogP) is 3.66. The lowest BCUT2D eigenvalue weighted by Gasteiger charge is -2.43. The first kappa shape index (κ1) is 31.9. The summed E-state index contributed by atoms with van der Waals surface area (Å²) in [5.41, 5.74) is 4.69. The lowest BCUT2D eigenvalue weighted by molar-refractivity contribution is -0.0595. The van der Waals surface area contributed by atoms with E-state index >= 15 is 0 Å². The second-order valence-corrected chi connectivity index (χ2v) is 24.1. The van der Waals surface area contributed by atoms with Gasteiger partial charge >= 0.3 is 5.97 Å². The number of carbonyl (C=O) groups excluding carboxylic acids is 1. The van der Waals surface area contributed by atoms with Gasteiger partial charge in [0.05, 0.1) is 30.5 Å². The van der Waals surface area contributed by atoms with Gasteiger partial charge in [-0.25, -0.2) is 13.7 Å². The number of esters is 1. The third-order valence-corrected chi connectivity index (χ3v) is 18.3. The summed E-state index contributed by atoms with van der Waals surface area (Å²) in [5, 5.41) is 8.62. The van der Waals surface area contributed by atoms with E-state index in [1.165, 1.54) is 10.9 Å². The van der Waals surface area contributed by atoms with Crippen LogP contribution < -0.4 is 5.73 Å². The highest BCUT2D eigenvalue weighted by Gasteiger charge is 2.67. The molecule has 2 N–H and O–H groups in total. The molecule has 15 heteroatoms. The highest BCUT2D eigenvalue weighted by molar-refractivity contribution is 7.90. The Hall–Kier alpha value is -1.63. The van der Waals surface area contributed by atoms with Gasteiger partial charge in [-0.1, -0.05) is 46.8 Å². The fourth-order valence-corrected chi connectivity index (χ4v) is 7.41. The molecule has 39 heavy (non-hydrogen) atoms. The SMILES string of the molecule is CCOC(=O)c1cn(C2OC(CO[Si](C)(C)C(C)(C)C)C3(OS(=O)(=O)C=C3N)C2O[Si](C)(C)C(C)(C)C)nn1. The van der Waals surface area contributed by atoms with Crippen LogP contribution in [-0.2, 0) is 32.6 Å². The lowest BCUT2D eigenvalue weighted by atomic mass is 9.89. The van der Waals surface area contributed by atoms with Gasteiger partial charge in [-0.2, -0.15) is 8.42 Å². The van der Waals surface area contributed by atoms with Gasteiger partial charge in [0.15, 0.2) is 34.2 Å². The van der Waals surface area contributed by atoms with Gasteiger partial charge in [0, 0.05) is 0 Å². The van der Waals surface area contributed by atoms with E-state index in [1.807, 2.05) is 13.1 Å². The Morgan fingerprint density at radius 1 is 1.13 bits per heavy atom. The maximum atomic E-state index is 12.8. The molecule has 1 aromatic rings. The van der Waals surface area contributed by atoms with Crippen molar-refractivity contribution < 1.29 is 35.7 Å². The standard InChI is InChI=1S/C24H44N4O8SSi2/c1-12-32-21(29)16-13-28(27-26-16)20-19(35-39(10,11)23(5,6)7)24(17(25)15-37(30,31)36-24)18(34-20)14-33-38(8,9)22(2,3)4/h13,15,18-20H,12,14,25H2,1-11H3. The van der Waals surface area contributed by atoms with Gasteiger partial charge in [0.2, 0.25) is 0 Å². The third-order valence-electron chi connectivity index (χ3n) is 8.33. The van der Waals surface area contributed by atoms with Crippen molar-refractivity contribution in [3.8, 4) is 0 Å². The summed E-state index contributed by atoms with van der Waals surface area (Å²) in [6.07, 6.45) is -1.64. The van der Waals surface area contributed by atoms with Gasteiger partial charge in [0.1, 0.15) is 12.2 Å². The van der Waals surface area contributed by atoms with Crippen molar-refractivity contribution >= 4 is 32.7 Å². The largest absolute Gasteiger partial charge is 0.461 e. The first-order valence-corrected chi connectivity index (χ1v) is 20.4. The van der Waals surface area contributed by atoms with E-state index in [4.69, 9.17) is 28.2 Å². The highest BCUT2D eigenvalue weighted by atomic mass is 32.2. The van der Waals surface area contributed by atoms with E-state index in [9.17, 15) is 13.2 Å². The molecule has 4 atom stereocenters. The Morgan fingerprint density at radius 2 is 1.72 bits per heavy atom. The molecule has 1 aromatic heterocycles. The average Bonchev–Trinajstić information content (AvgIpc) is 3.41. The van der Waals surface area contributed by atoms with Gasteiger partial charge in [0.25, 0.3) is 10.1 Å². The summed E-state index contributed by atoms with van der Waals surface area (Å²) in [5.74, 6) is -0.643. The van der Waals surface area contributed by atoms with Gasteiger partial charge in [-0.05, 0) is 43.2 Å². The van der Waals surface area contributed by atoms with Crippen LogP contribution >= 0.6 is 0 Å². The average molecular weight is 605 g/mol. The minimum absolute atomic E-state index is 0.00778. The van der Waals surface area contributed by atoms with Crippen molar-refractivity contribution in [2.45, 2.75) is 109 Å². The smallest absolute Gasteiger partial charge is 0.360 e. The van der Waals surface area contributed by atoms with Crippen LogP contribution in [0.15, 0.2) is 17.3 Å². The third kappa shape index (κ3) is 6.04. The van der Waals surface area contributed by atoms with Crippen LogP contribution in [0.5, 0.6) is 0 Å². The van der Waals surface area contributed by atoms with E-state index in [1.54, 1.807) is 6.92 Å². The molecule has 0 bridgehead atoms. The second-order valence-electron chi connectivity index (χ2n) is 13.1. The molecule has 0 amide bonds. The maximum Gasteiger partial charge on any atom is 0.360 e. The first-order valence-electron chi connectivity index (χ1n) is 13.1. The molecule has 2 aliphatic rings. The summed E-state index contributed by atoms with van der Waals surface area (Å²) in [7, 11) is -9.02. The van der Waals surface area contributed by atoms with Crippen LogP contribution in [0.25, 0.3) is 0 Å². The summed E-state index contributed by atoms with van der Waals surface area (Å²) in [6.45, 7) is 22.6. The fraction of sp³-hybridized carbons (Fsp3) is 0.792. The maximum absolute atomic E-state index is 12.8.